The van der Waals surface area contributed by atoms with Crippen LogP contribution in [0.3, 0.4) is 0 Å². The monoisotopic (exact) mass is 609 g/mol. The van der Waals surface area contributed by atoms with Crippen molar-refractivity contribution >= 4 is 28.6 Å². The highest BCUT2D eigenvalue weighted by molar-refractivity contribution is 5.84. The maximum Gasteiger partial charge on any atom is 0.119 e. The number of anilines is 2. The molecule has 0 radical (unpaired) electrons. The lowest BCUT2D eigenvalue weighted by Gasteiger charge is -2.24. The van der Waals surface area contributed by atoms with Gasteiger partial charge in [-0.3, -0.25) is 0 Å². The van der Waals surface area contributed by atoms with Crippen LogP contribution in [0.15, 0.2) is 176 Å². The Morgan fingerprint density at radius 3 is 1.40 bits per heavy atom. The number of methoxy groups -OCH3 is 1. The Hall–Kier alpha value is -5.86. The van der Waals surface area contributed by atoms with Crippen molar-refractivity contribution in [1.29, 1.82) is 0 Å². The summed E-state index contributed by atoms with van der Waals surface area (Å²) >= 11 is 0. The zero-order valence-electron chi connectivity index (χ0n) is 27.2. The summed E-state index contributed by atoms with van der Waals surface area (Å²) in [6, 6.07) is 55.5. The number of allylic oxidation sites excluding steroid dienone is 2. The van der Waals surface area contributed by atoms with Crippen LogP contribution in [0.5, 0.6) is 5.75 Å². The second kappa shape index (κ2) is 14.9. The first-order valence-corrected chi connectivity index (χ1v) is 16.0. The van der Waals surface area contributed by atoms with Gasteiger partial charge in [0.15, 0.2) is 0 Å². The van der Waals surface area contributed by atoms with E-state index in [0.717, 1.165) is 39.4 Å². The van der Waals surface area contributed by atoms with Crippen molar-refractivity contribution in [3.63, 3.8) is 0 Å². The van der Waals surface area contributed by atoms with Gasteiger partial charge in [-0.1, -0.05) is 151 Å². The van der Waals surface area contributed by atoms with Crippen LogP contribution < -0.4 is 9.64 Å². The summed E-state index contributed by atoms with van der Waals surface area (Å²) in [5, 5.41) is 0. The quantitative estimate of drug-likeness (QED) is 0.143. The van der Waals surface area contributed by atoms with E-state index in [-0.39, 0.29) is 0 Å². The molecule has 0 spiro atoms. The van der Waals surface area contributed by atoms with E-state index in [2.05, 4.69) is 189 Å². The SMILES string of the molecule is COc1ccc(N(C=C(c2ccccc2)c2ccccc2)c2ccc(C=CC=C(c3ccc(C)cc3)c3ccc(C)cc3)cc2)cc1. The number of hydrogen-bond acceptors (Lipinski definition) is 2. The van der Waals surface area contributed by atoms with Crippen molar-refractivity contribution in [2.24, 2.45) is 0 Å². The van der Waals surface area contributed by atoms with Crippen LogP contribution in [-0.4, -0.2) is 7.11 Å². The van der Waals surface area contributed by atoms with Crippen molar-refractivity contribution in [2.45, 2.75) is 13.8 Å². The van der Waals surface area contributed by atoms with Crippen molar-refractivity contribution in [3.05, 3.63) is 215 Å². The van der Waals surface area contributed by atoms with E-state index in [0.29, 0.717) is 0 Å². The van der Waals surface area contributed by atoms with Gasteiger partial charge in [0.25, 0.3) is 0 Å². The van der Waals surface area contributed by atoms with Gasteiger partial charge in [0.1, 0.15) is 5.75 Å². The van der Waals surface area contributed by atoms with Crippen LogP contribution in [0.1, 0.15) is 38.9 Å². The number of benzene rings is 6. The molecule has 0 saturated carbocycles. The Morgan fingerprint density at radius 1 is 0.489 bits per heavy atom. The van der Waals surface area contributed by atoms with Gasteiger partial charge in [0.05, 0.1) is 7.11 Å². The van der Waals surface area contributed by atoms with Crippen LogP contribution in [0, 0.1) is 13.8 Å². The first-order valence-electron chi connectivity index (χ1n) is 16.0. The molecule has 0 saturated heterocycles. The zero-order chi connectivity index (χ0) is 32.4. The molecule has 6 aromatic carbocycles. The number of hydrogen-bond donors (Lipinski definition) is 0. The molecule has 2 heteroatoms. The summed E-state index contributed by atoms with van der Waals surface area (Å²) < 4.78 is 5.46. The standard InChI is InChI=1S/C45H39NO/c1-34-17-23-39(24-18-34)44(40-25-19-35(2)20-26-40)16-10-11-36-21-27-41(28-22-36)46(42-29-31-43(47-3)32-30-42)33-45(37-12-6-4-7-13-37)38-14-8-5-9-15-38/h4-33H,1-3H3. The fourth-order valence-electron chi connectivity index (χ4n) is 5.55. The normalized spacial score (nSPS) is 10.8. The third-order valence-electron chi connectivity index (χ3n) is 8.23. The van der Waals surface area contributed by atoms with E-state index < -0.39 is 0 Å². The summed E-state index contributed by atoms with van der Waals surface area (Å²) in [4.78, 5) is 2.25. The lowest BCUT2D eigenvalue weighted by Crippen LogP contribution is -2.10. The Balaban J connectivity index is 1.36. The minimum atomic E-state index is 0.827. The smallest absolute Gasteiger partial charge is 0.119 e. The van der Waals surface area contributed by atoms with Crippen LogP contribution >= 0.6 is 0 Å². The summed E-state index contributed by atoms with van der Waals surface area (Å²) in [6.07, 6.45) is 8.75. The van der Waals surface area contributed by atoms with Crippen molar-refractivity contribution in [1.82, 2.24) is 0 Å². The van der Waals surface area contributed by atoms with Gasteiger partial charge in [0, 0.05) is 23.1 Å². The molecular formula is C45H39NO. The number of rotatable bonds is 10. The number of aryl methyl sites for hydroxylation is 2. The van der Waals surface area contributed by atoms with Gasteiger partial charge in [-0.15, -0.1) is 0 Å². The number of nitrogens with zero attached hydrogens (tertiary/aromatic N) is 1. The molecule has 0 atom stereocenters. The highest BCUT2D eigenvalue weighted by Gasteiger charge is 2.12. The first-order chi connectivity index (χ1) is 23.1. The second-order valence-electron chi connectivity index (χ2n) is 11.6. The molecule has 47 heavy (non-hydrogen) atoms. The Bertz CT molecular complexity index is 1880. The summed E-state index contributed by atoms with van der Waals surface area (Å²) in [6.45, 7) is 4.25. The van der Waals surface area contributed by atoms with E-state index >= 15 is 0 Å². The molecule has 0 heterocycles. The molecule has 0 aliphatic rings. The Morgan fingerprint density at radius 2 is 0.936 bits per heavy atom. The maximum atomic E-state index is 5.46. The van der Waals surface area contributed by atoms with Crippen LogP contribution in [0.25, 0.3) is 17.2 Å². The van der Waals surface area contributed by atoms with Gasteiger partial charge in [-0.05, 0) is 83.6 Å². The average Bonchev–Trinajstić information content (AvgIpc) is 3.13. The van der Waals surface area contributed by atoms with Gasteiger partial charge in [-0.25, -0.2) is 0 Å². The van der Waals surface area contributed by atoms with Crippen LogP contribution in [0.2, 0.25) is 0 Å². The highest BCUT2D eigenvalue weighted by Crippen LogP contribution is 2.33. The maximum absolute atomic E-state index is 5.46. The molecule has 0 aliphatic carbocycles. The van der Waals surface area contributed by atoms with E-state index in [1.54, 1.807) is 7.11 Å². The van der Waals surface area contributed by atoms with Crippen molar-refractivity contribution in [2.75, 3.05) is 12.0 Å². The molecular weight excluding hydrogens is 571 g/mol. The largest absolute Gasteiger partial charge is 0.497 e. The van der Waals surface area contributed by atoms with Crippen molar-refractivity contribution < 1.29 is 4.74 Å². The molecule has 0 unspecified atom stereocenters. The summed E-state index contributed by atoms with van der Waals surface area (Å²) in [5.41, 5.74) is 12.8. The van der Waals surface area contributed by atoms with Crippen molar-refractivity contribution in [3.8, 4) is 5.75 Å². The van der Waals surface area contributed by atoms with E-state index in [1.165, 1.54) is 27.8 Å². The van der Waals surface area contributed by atoms with Gasteiger partial charge in [0.2, 0.25) is 0 Å². The van der Waals surface area contributed by atoms with E-state index in [4.69, 9.17) is 4.74 Å². The Kier molecular flexibility index (Phi) is 9.90. The molecule has 0 amide bonds. The molecule has 2 nitrogen and oxygen atoms in total. The third kappa shape index (κ3) is 7.87. The van der Waals surface area contributed by atoms with Crippen LogP contribution in [0.4, 0.5) is 11.4 Å². The molecule has 0 bridgehead atoms. The number of ether oxygens (including phenoxy) is 1. The van der Waals surface area contributed by atoms with Gasteiger partial charge < -0.3 is 9.64 Å². The average molecular weight is 610 g/mol. The predicted octanol–water partition coefficient (Wildman–Crippen LogP) is 11.7. The minimum Gasteiger partial charge on any atom is -0.497 e. The second-order valence-corrected chi connectivity index (χ2v) is 11.6. The molecule has 6 rings (SSSR count). The molecule has 0 N–H and O–H groups in total. The molecule has 6 aromatic rings. The summed E-state index contributed by atoms with van der Waals surface area (Å²) in [5.74, 6) is 0.827. The molecule has 230 valence electrons. The first kappa shape index (κ1) is 31.1. The predicted molar refractivity (Wildman–Crippen MR) is 200 cm³/mol. The van der Waals surface area contributed by atoms with E-state index in [1.807, 2.05) is 12.1 Å². The molecule has 0 aliphatic heterocycles. The van der Waals surface area contributed by atoms with Gasteiger partial charge >= 0.3 is 0 Å². The van der Waals surface area contributed by atoms with E-state index in [9.17, 15) is 0 Å². The minimum absolute atomic E-state index is 0.827. The lowest BCUT2D eigenvalue weighted by molar-refractivity contribution is 0.415. The Labute approximate surface area is 279 Å². The zero-order valence-corrected chi connectivity index (χ0v) is 27.2. The molecule has 0 fully saturated rings. The fraction of sp³-hybridized carbons (Fsp3) is 0.0667. The lowest BCUT2D eigenvalue weighted by atomic mass is 9.96. The summed E-state index contributed by atoms with van der Waals surface area (Å²) in [7, 11) is 1.70. The van der Waals surface area contributed by atoms with Gasteiger partial charge in [-0.2, -0.15) is 0 Å². The third-order valence-corrected chi connectivity index (χ3v) is 8.23. The fourth-order valence-corrected chi connectivity index (χ4v) is 5.55. The topological polar surface area (TPSA) is 12.5 Å². The highest BCUT2D eigenvalue weighted by atomic mass is 16.5. The molecule has 0 aromatic heterocycles. The van der Waals surface area contributed by atoms with Crippen LogP contribution in [-0.2, 0) is 0 Å².